The molecule has 5 nitrogen and oxygen atoms in total. The molecule has 5 heteroatoms. The van der Waals surface area contributed by atoms with Crippen molar-refractivity contribution in [3.8, 4) is 0 Å². The van der Waals surface area contributed by atoms with E-state index in [2.05, 4.69) is 72.7 Å². The van der Waals surface area contributed by atoms with E-state index in [9.17, 15) is 0 Å². The number of nitrogens with zero attached hydrogens (tertiary/aromatic N) is 3. The monoisotopic (exact) mass is 355 g/mol. The highest BCUT2D eigenvalue weighted by Crippen LogP contribution is 2.22. The van der Waals surface area contributed by atoms with E-state index in [4.69, 9.17) is 0 Å². The first-order valence-corrected chi connectivity index (χ1v) is 9.31. The summed E-state index contributed by atoms with van der Waals surface area (Å²) in [6.07, 6.45) is 1.07. The van der Waals surface area contributed by atoms with Crippen LogP contribution in [0.1, 0.15) is 48.8 Å². The van der Waals surface area contributed by atoms with Crippen LogP contribution < -0.4 is 10.6 Å². The average Bonchev–Trinajstić information content (AvgIpc) is 2.87. The van der Waals surface area contributed by atoms with Gasteiger partial charge in [-0.25, -0.2) is 0 Å². The minimum absolute atomic E-state index is 0.0179. The Balaban J connectivity index is 1.96. The molecule has 2 aromatic rings. The standard InChI is InChI=1S/C21H33N5/c1-8-17-9-11-18(12-10-17)21(4,5)14-24-20(22-6)23-13-19-15(2)25-26(7)16(19)3/h9-12H,8,13-14H2,1-7H3,(H2,22,23,24). The molecule has 0 aliphatic rings. The van der Waals surface area contributed by atoms with Gasteiger partial charge in [-0.15, -0.1) is 0 Å². The van der Waals surface area contributed by atoms with Crippen molar-refractivity contribution in [1.29, 1.82) is 0 Å². The number of aliphatic imine (C=N–C) groups is 1. The molecule has 0 aliphatic carbocycles. The molecule has 0 atom stereocenters. The van der Waals surface area contributed by atoms with E-state index in [-0.39, 0.29) is 5.41 Å². The Morgan fingerprint density at radius 3 is 2.31 bits per heavy atom. The van der Waals surface area contributed by atoms with Crippen LogP contribution >= 0.6 is 0 Å². The Bertz CT molecular complexity index is 753. The number of guanidine groups is 1. The molecular weight excluding hydrogens is 322 g/mol. The summed E-state index contributed by atoms with van der Waals surface area (Å²) in [6.45, 7) is 12.4. The second-order valence-electron chi connectivity index (χ2n) is 7.49. The summed E-state index contributed by atoms with van der Waals surface area (Å²) >= 11 is 0. The van der Waals surface area contributed by atoms with Gasteiger partial charge >= 0.3 is 0 Å². The molecular formula is C21H33N5. The van der Waals surface area contributed by atoms with Crippen molar-refractivity contribution >= 4 is 5.96 Å². The molecule has 2 N–H and O–H groups in total. The molecule has 0 bridgehead atoms. The topological polar surface area (TPSA) is 54.2 Å². The quantitative estimate of drug-likeness (QED) is 0.618. The normalized spacial score (nSPS) is 12.3. The predicted molar refractivity (Wildman–Crippen MR) is 110 cm³/mol. The van der Waals surface area contributed by atoms with Crippen molar-refractivity contribution in [2.24, 2.45) is 12.0 Å². The molecule has 1 heterocycles. The van der Waals surface area contributed by atoms with Crippen molar-refractivity contribution in [3.05, 3.63) is 52.3 Å². The molecule has 26 heavy (non-hydrogen) atoms. The first-order chi connectivity index (χ1) is 12.3. The molecule has 0 unspecified atom stereocenters. The minimum atomic E-state index is 0.0179. The van der Waals surface area contributed by atoms with E-state index in [0.29, 0.717) is 0 Å². The number of nitrogens with one attached hydrogen (secondary N) is 2. The van der Waals surface area contributed by atoms with E-state index in [1.807, 2.05) is 18.7 Å². The molecule has 0 radical (unpaired) electrons. The van der Waals surface area contributed by atoms with E-state index >= 15 is 0 Å². The lowest BCUT2D eigenvalue weighted by Crippen LogP contribution is -2.43. The lowest BCUT2D eigenvalue weighted by Gasteiger charge is -2.27. The fourth-order valence-electron chi connectivity index (χ4n) is 3.06. The maximum atomic E-state index is 4.47. The number of aromatic nitrogens is 2. The zero-order chi connectivity index (χ0) is 19.3. The van der Waals surface area contributed by atoms with Crippen LogP contribution in [0.5, 0.6) is 0 Å². The smallest absolute Gasteiger partial charge is 0.191 e. The predicted octanol–water partition coefficient (Wildman–Crippen LogP) is 3.24. The van der Waals surface area contributed by atoms with Gasteiger partial charge in [-0.1, -0.05) is 45.0 Å². The lowest BCUT2D eigenvalue weighted by molar-refractivity contribution is 0.508. The van der Waals surface area contributed by atoms with Crippen molar-refractivity contribution in [3.63, 3.8) is 0 Å². The highest BCUT2D eigenvalue weighted by Gasteiger charge is 2.21. The third kappa shape index (κ3) is 4.65. The van der Waals surface area contributed by atoms with Crippen LogP contribution in [0, 0.1) is 13.8 Å². The minimum Gasteiger partial charge on any atom is -0.356 e. The highest BCUT2D eigenvalue weighted by molar-refractivity contribution is 5.79. The third-order valence-corrected chi connectivity index (χ3v) is 5.16. The Hall–Kier alpha value is -2.30. The summed E-state index contributed by atoms with van der Waals surface area (Å²) in [5.74, 6) is 0.811. The molecule has 1 aromatic heterocycles. The highest BCUT2D eigenvalue weighted by atomic mass is 15.3. The summed E-state index contributed by atoms with van der Waals surface area (Å²) < 4.78 is 1.92. The molecule has 2 rings (SSSR count). The van der Waals surface area contributed by atoms with Crippen LogP contribution in [-0.4, -0.2) is 29.3 Å². The molecule has 0 saturated heterocycles. The SMILES string of the molecule is CCc1ccc(C(C)(C)CNC(=NC)NCc2c(C)nn(C)c2C)cc1. The molecule has 142 valence electrons. The number of rotatable bonds is 6. The van der Waals surface area contributed by atoms with Gasteiger partial charge in [-0.05, 0) is 31.4 Å². The largest absolute Gasteiger partial charge is 0.356 e. The van der Waals surface area contributed by atoms with Gasteiger partial charge < -0.3 is 10.6 Å². The van der Waals surface area contributed by atoms with E-state index in [0.717, 1.165) is 31.2 Å². The zero-order valence-corrected chi connectivity index (χ0v) is 17.3. The van der Waals surface area contributed by atoms with Crippen LogP contribution in [0.2, 0.25) is 0 Å². The molecule has 0 spiro atoms. The summed E-state index contributed by atoms with van der Waals surface area (Å²) in [6, 6.07) is 8.91. The number of aryl methyl sites for hydroxylation is 3. The summed E-state index contributed by atoms with van der Waals surface area (Å²) in [7, 11) is 3.78. The van der Waals surface area contributed by atoms with Crippen LogP contribution in [-0.2, 0) is 25.4 Å². The van der Waals surface area contributed by atoms with Crippen molar-refractivity contribution in [2.45, 2.75) is 53.0 Å². The Morgan fingerprint density at radius 1 is 1.15 bits per heavy atom. The molecule has 0 saturated carbocycles. The van der Waals surface area contributed by atoms with Crippen molar-refractivity contribution < 1.29 is 0 Å². The number of benzene rings is 1. The Kier molecular flexibility index (Phi) is 6.46. The lowest BCUT2D eigenvalue weighted by atomic mass is 9.84. The fourth-order valence-corrected chi connectivity index (χ4v) is 3.06. The Morgan fingerprint density at radius 2 is 1.81 bits per heavy atom. The maximum absolute atomic E-state index is 4.47. The van der Waals surface area contributed by atoms with Crippen molar-refractivity contribution in [1.82, 2.24) is 20.4 Å². The van der Waals surface area contributed by atoms with Crippen LogP contribution in [0.4, 0.5) is 0 Å². The second-order valence-corrected chi connectivity index (χ2v) is 7.49. The fraction of sp³-hybridized carbons (Fsp3) is 0.524. The molecule has 0 aliphatic heterocycles. The van der Waals surface area contributed by atoms with Crippen LogP contribution in [0.3, 0.4) is 0 Å². The first-order valence-electron chi connectivity index (χ1n) is 9.31. The first kappa shape index (κ1) is 20.0. The number of hydrogen-bond acceptors (Lipinski definition) is 2. The number of hydrogen-bond donors (Lipinski definition) is 2. The zero-order valence-electron chi connectivity index (χ0n) is 17.3. The van der Waals surface area contributed by atoms with Gasteiger partial charge in [0.15, 0.2) is 5.96 Å². The average molecular weight is 356 g/mol. The van der Waals surface area contributed by atoms with Gasteiger partial charge in [-0.3, -0.25) is 9.67 Å². The van der Waals surface area contributed by atoms with Crippen LogP contribution in [0.25, 0.3) is 0 Å². The van der Waals surface area contributed by atoms with Gasteiger partial charge in [0.2, 0.25) is 0 Å². The van der Waals surface area contributed by atoms with Gasteiger partial charge in [0.25, 0.3) is 0 Å². The van der Waals surface area contributed by atoms with Gasteiger partial charge in [-0.2, -0.15) is 5.10 Å². The van der Waals surface area contributed by atoms with Gasteiger partial charge in [0, 0.05) is 43.9 Å². The maximum Gasteiger partial charge on any atom is 0.191 e. The van der Waals surface area contributed by atoms with E-state index in [1.54, 1.807) is 7.05 Å². The molecule has 0 amide bonds. The summed E-state index contributed by atoms with van der Waals surface area (Å²) in [5, 5.41) is 11.3. The van der Waals surface area contributed by atoms with Crippen molar-refractivity contribution in [2.75, 3.05) is 13.6 Å². The third-order valence-electron chi connectivity index (χ3n) is 5.16. The summed E-state index contributed by atoms with van der Waals surface area (Å²) in [5.41, 5.74) is 6.19. The van der Waals surface area contributed by atoms with Gasteiger partial charge in [0.05, 0.1) is 5.69 Å². The van der Waals surface area contributed by atoms with Gasteiger partial charge in [0.1, 0.15) is 0 Å². The second kappa shape index (κ2) is 8.39. The van der Waals surface area contributed by atoms with Crippen LogP contribution in [0.15, 0.2) is 29.3 Å². The Labute approximate surface area is 157 Å². The van der Waals surface area contributed by atoms with E-state index in [1.165, 1.54) is 22.4 Å². The molecule has 1 aromatic carbocycles. The van der Waals surface area contributed by atoms with E-state index < -0.39 is 0 Å². The molecule has 0 fully saturated rings. The summed E-state index contributed by atoms with van der Waals surface area (Å²) in [4.78, 5) is 4.36.